The van der Waals surface area contributed by atoms with Gasteiger partial charge in [-0.2, -0.15) is 0 Å². The Morgan fingerprint density at radius 1 is 1.38 bits per heavy atom. The number of hydrogen-bond acceptors (Lipinski definition) is 9. The first-order valence-corrected chi connectivity index (χ1v) is 12.1. The number of carbonyl (C=O) groups is 3. The van der Waals surface area contributed by atoms with Crippen LogP contribution in [0.3, 0.4) is 0 Å². The number of aliphatic hydroxyl groups excluding tert-OH is 1. The first-order valence-electron chi connectivity index (χ1n) is 10.3. The van der Waals surface area contributed by atoms with Gasteiger partial charge in [-0.05, 0) is 19.8 Å². The van der Waals surface area contributed by atoms with E-state index >= 15 is 0 Å². The quantitative estimate of drug-likeness (QED) is 0.321. The average molecular weight is 489 g/mol. The molecule has 0 bridgehead atoms. The fourth-order valence-corrected chi connectivity index (χ4v) is 6.97. The Balaban J connectivity index is 0.00000289. The van der Waals surface area contributed by atoms with Crippen LogP contribution in [0, 0.1) is 11.8 Å². The summed E-state index contributed by atoms with van der Waals surface area (Å²) < 4.78 is 0. The van der Waals surface area contributed by atoms with E-state index in [0.717, 1.165) is 31.1 Å². The van der Waals surface area contributed by atoms with Crippen LogP contribution in [0.4, 0.5) is 5.13 Å². The van der Waals surface area contributed by atoms with Crippen LogP contribution >= 0.6 is 23.1 Å². The molecule has 4 atom stereocenters. The second-order valence-corrected chi connectivity index (χ2v) is 10.3. The first-order chi connectivity index (χ1) is 14.7. The van der Waals surface area contributed by atoms with Crippen molar-refractivity contribution in [1.82, 2.24) is 15.2 Å². The summed E-state index contributed by atoms with van der Waals surface area (Å²) in [4.78, 5) is 44.5. The zero-order chi connectivity index (χ0) is 22.4. The monoisotopic (exact) mass is 488 g/mol. The number of aromatic nitrogens is 1. The Morgan fingerprint density at radius 3 is 2.59 bits per heavy atom. The molecule has 1 aromatic heterocycles. The summed E-state index contributed by atoms with van der Waals surface area (Å²) in [5, 5.41) is 27.1. The van der Waals surface area contributed by atoms with E-state index in [1.165, 1.54) is 28.0 Å². The molecule has 12 heteroatoms. The number of rotatable bonds is 6. The molecule has 3 aliphatic rings. The molecular weight excluding hydrogens is 463 g/mol. The van der Waals surface area contributed by atoms with E-state index in [9.17, 15) is 24.6 Å². The van der Waals surface area contributed by atoms with Gasteiger partial charge in [0.25, 0.3) is 5.91 Å². The molecule has 168 valence electrons. The number of carboxylic acids is 1. The van der Waals surface area contributed by atoms with Crippen LogP contribution in [0.1, 0.15) is 37.2 Å². The van der Waals surface area contributed by atoms with E-state index in [0.29, 0.717) is 10.6 Å². The average Bonchev–Trinajstić information content (AvgIpc) is 3.31. The molecule has 32 heavy (non-hydrogen) atoms. The SMILES string of the molecule is CNC(=O)c1csc(N2CCC(SC3=C(C(=O)[O-])N4C(=O)C(C(C)O)C4[C@H]3C)CC2)n1.[Na+]. The Morgan fingerprint density at radius 2 is 2.03 bits per heavy atom. The fourth-order valence-electron chi connectivity index (χ4n) is 4.66. The third-order valence-corrected chi connectivity index (χ3v) is 8.78. The molecule has 2 saturated heterocycles. The van der Waals surface area contributed by atoms with Crippen molar-refractivity contribution in [2.75, 3.05) is 25.0 Å². The van der Waals surface area contributed by atoms with Gasteiger partial charge >= 0.3 is 29.6 Å². The molecule has 2 amide bonds. The molecule has 1 aromatic rings. The standard InChI is InChI=1S/C20H26N4O5S2.Na/c1-9-14-13(10(2)25)18(27)24(14)15(19(28)29)16(9)31-11-4-6-23(7-5-11)20-22-12(8-30-20)17(26)21-3;/h8-11,13-14,25H,4-7H2,1-3H3,(H,21,26)(H,28,29);/q;+1/p-1/t9-,10?,13?,14?;/m1./s1. The molecule has 2 N–H and O–H groups in total. The molecule has 2 fully saturated rings. The number of fused-ring (bicyclic) bond motifs is 1. The van der Waals surface area contributed by atoms with Gasteiger partial charge < -0.3 is 30.1 Å². The number of hydrogen-bond donors (Lipinski definition) is 2. The summed E-state index contributed by atoms with van der Waals surface area (Å²) in [6.07, 6.45) is 0.841. The molecule has 9 nitrogen and oxygen atoms in total. The van der Waals surface area contributed by atoms with Crippen LogP contribution in [-0.4, -0.2) is 70.3 Å². The Hall–Kier alpha value is -1.11. The second kappa shape index (κ2) is 10.0. The Bertz CT molecular complexity index is 944. The molecule has 4 heterocycles. The number of carboxylic acid groups (broad SMARTS) is 1. The molecule has 0 spiro atoms. The topological polar surface area (TPSA) is 126 Å². The third kappa shape index (κ3) is 4.35. The number of thiazole rings is 1. The van der Waals surface area contributed by atoms with Crippen LogP contribution in [-0.2, 0) is 9.59 Å². The number of carbonyl (C=O) groups excluding carboxylic acids is 3. The van der Waals surface area contributed by atoms with E-state index in [4.69, 9.17) is 0 Å². The molecule has 0 aliphatic carbocycles. The van der Waals surface area contributed by atoms with Crippen molar-refractivity contribution in [3.8, 4) is 0 Å². The van der Waals surface area contributed by atoms with E-state index in [2.05, 4.69) is 15.2 Å². The summed E-state index contributed by atoms with van der Waals surface area (Å²) in [5.74, 6) is -2.60. The minimum absolute atomic E-state index is 0. The summed E-state index contributed by atoms with van der Waals surface area (Å²) in [6.45, 7) is 5.00. The van der Waals surface area contributed by atoms with Crippen molar-refractivity contribution in [3.63, 3.8) is 0 Å². The van der Waals surface area contributed by atoms with Crippen molar-refractivity contribution in [3.05, 3.63) is 21.7 Å². The second-order valence-electron chi connectivity index (χ2n) is 8.15. The van der Waals surface area contributed by atoms with Gasteiger partial charge in [-0.15, -0.1) is 23.1 Å². The molecule has 0 aromatic carbocycles. The number of nitrogens with one attached hydrogen (secondary N) is 1. The largest absolute Gasteiger partial charge is 1.00 e. The van der Waals surface area contributed by atoms with Gasteiger partial charge in [0.15, 0.2) is 5.13 Å². The number of thioether (sulfide) groups is 1. The molecule has 0 saturated carbocycles. The summed E-state index contributed by atoms with van der Waals surface area (Å²) in [5.41, 5.74) is 0.381. The zero-order valence-electron chi connectivity index (χ0n) is 18.5. The third-order valence-electron chi connectivity index (χ3n) is 6.26. The molecule has 3 aliphatic heterocycles. The normalized spacial score (nSPS) is 26.4. The van der Waals surface area contributed by atoms with Crippen molar-refractivity contribution in [1.29, 1.82) is 0 Å². The number of β-lactam (4-membered cyclic amide) rings is 1. The summed E-state index contributed by atoms with van der Waals surface area (Å²) in [7, 11) is 1.57. The van der Waals surface area contributed by atoms with Crippen LogP contribution in [0.25, 0.3) is 0 Å². The number of piperidine rings is 1. The van der Waals surface area contributed by atoms with E-state index in [1.54, 1.807) is 19.4 Å². The van der Waals surface area contributed by atoms with E-state index in [1.807, 2.05) is 6.92 Å². The van der Waals surface area contributed by atoms with Crippen molar-refractivity contribution in [2.45, 2.75) is 44.1 Å². The van der Waals surface area contributed by atoms with E-state index < -0.39 is 18.0 Å². The van der Waals surface area contributed by atoms with Gasteiger partial charge in [0.2, 0.25) is 5.91 Å². The predicted octanol–water partition coefficient (Wildman–Crippen LogP) is -2.97. The molecule has 4 rings (SSSR count). The predicted molar refractivity (Wildman–Crippen MR) is 115 cm³/mol. The van der Waals surface area contributed by atoms with Gasteiger partial charge in [-0.25, -0.2) is 4.98 Å². The van der Waals surface area contributed by atoms with Crippen LogP contribution in [0.5, 0.6) is 0 Å². The van der Waals surface area contributed by atoms with Crippen LogP contribution in [0.2, 0.25) is 0 Å². The van der Waals surface area contributed by atoms with Gasteiger partial charge in [0.05, 0.1) is 29.7 Å². The van der Waals surface area contributed by atoms with Gasteiger partial charge in [-0.1, -0.05) is 6.92 Å². The fraction of sp³-hybridized carbons (Fsp3) is 0.600. The van der Waals surface area contributed by atoms with Crippen molar-refractivity contribution >= 4 is 46.0 Å². The minimum Gasteiger partial charge on any atom is -0.543 e. The zero-order valence-corrected chi connectivity index (χ0v) is 22.2. The van der Waals surface area contributed by atoms with Crippen LogP contribution in [0.15, 0.2) is 16.0 Å². The molecule has 0 radical (unpaired) electrons. The van der Waals surface area contributed by atoms with E-state index in [-0.39, 0.29) is 64.3 Å². The number of aliphatic carboxylic acids is 1. The smallest absolute Gasteiger partial charge is 0.543 e. The number of nitrogens with zero attached hydrogens (tertiary/aromatic N) is 3. The minimum atomic E-state index is -1.34. The molecular formula is C20H25N4NaO5S2. The maximum Gasteiger partial charge on any atom is 1.00 e. The maximum absolute atomic E-state index is 12.4. The Labute approximate surface area is 216 Å². The number of amides is 2. The van der Waals surface area contributed by atoms with Gasteiger partial charge in [0.1, 0.15) is 5.69 Å². The summed E-state index contributed by atoms with van der Waals surface area (Å²) >= 11 is 2.96. The van der Waals surface area contributed by atoms with Crippen molar-refractivity contribution < 1.29 is 54.2 Å². The number of aliphatic hydroxyl groups is 1. The van der Waals surface area contributed by atoms with Gasteiger partial charge in [0, 0.05) is 41.6 Å². The first kappa shape index (κ1) is 25.5. The summed E-state index contributed by atoms with van der Waals surface area (Å²) in [6, 6.07) is -0.318. The maximum atomic E-state index is 12.4. The van der Waals surface area contributed by atoms with Crippen LogP contribution < -0.4 is 44.9 Å². The molecule has 3 unspecified atom stereocenters. The number of anilines is 1. The van der Waals surface area contributed by atoms with Gasteiger partial charge in [-0.3, -0.25) is 9.59 Å². The Kier molecular flexibility index (Phi) is 7.99. The van der Waals surface area contributed by atoms with Crippen molar-refractivity contribution in [2.24, 2.45) is 11.8 Å².